The van der Waals surface area contributed by atoms with Gasteiger partial charge >= 0.3 is 6.03 Å². The van der Waals surface area contributed by atoms with Crippen LogP contribution in [0.4, 0.5) is 10.5 Å². The number of nitrogens with one attached hydrogen (secondary N) is 1. The van der Waals surface area contributed by atoms with E-state index in [2.05, 4.69) is 17.1 Å². The van der Waals surface area contributed by atoms with Crippen LogP contribution in [0, 0.1) is 11.8 Å². The largest absolute Gasteiger partial charge is 0.495 e. The Morgan fingerprint density at radius 3 is 2.69 bits per heavy atom. The second-order valence-corrected chi connectivity index (χ2v) is 8.12. The molecule has 2 aliphatic rings. The molecule has 0 aromatic heterocycles. The summed E-state index contributed by atoms with van der Waals surface area (Å²) in [4.78, 5) is 17.0. The van der Waals surface area contributed by atoms with Crippen molar-refractivity contribution in [3.63, 3.8) is 0 Å². The molecular formula is C20H30ClN3O2. The molecule has 6 heteroatoms. The number of hydrogen-bond acceptors (Lipinski definition) is 3. The van der Waals surface area contributed by atoms with Crippen LogP contribution in [0.1, 0.15) is 32.6 Å². The van der Waals surface area contributed by atoms with Crippen LogP contribution < -0.4 is 10.1 Å². The second kappa shape index (κ2) is 8.96. The Morgan fingerprint density at radius 2 is 2.04 bits per heavy atom. The normalized spacial score (nSPS) is 22.3. The Morgan fingerprint density at radius 1 is 1.27 bits per heavy atom. The molecule has 5 nitrogen and oxygen atoms in total. The van der Waals surface area contributed by atoms with Crippen LogP contribution in [0.3, 0.4) is 0 Å². The minimum absolute atomic E-state index is 0.0451. The lowest BCUT2D eigenvalue weighted by Gasteiger charge is -2.37. The van der Waals surface area contributed by atoms with Crippen LogP contribution in [0.5, 0.6) is 5.75 Å². The lowest BCUT2D eigenvalue weighted by atomic mass is 9.94. The third-order valence-corrected chi connectivity index (χ3v) is 5.86. The summed E-state index contributed by atoms with van der Waals surface area (Å²) in [5, 5.41) is 3.44. The van der Waals surface area contributed by atoms with E-state index in [1.54, 1.807) is 19.2 Å². The predicted molar refractivity (Wildman–Crippen MR) is 106 cm³/mol. The first-order valence-corrected chi connectivity index (χ1v) is 10.0. The molecule has 1 N–H and O–H groups in total. The Bertz CT molecular complexity index is 617. The number of carbonyl (C=O) groups excluding carboxylic acids is 1. The van der Waals surface area contributed by atoms with Crippen molar-refractivity contribution in [3.05, 3.63) is 23.2 Å². The molecule has 0 bridgehead atoms. The lowest BCUT2D eigenvalue weighted by molar-refractivity contribution is 0.125. The van der Waals surface area contributed by atoms with E-state index in [-0.39, 0.29) is 6.03 Å². The van der Waals surface area contributed by atoms with Crippen LogP contribution >= 0.6 is 11.6 Å². The van der Waals surface area contributed by atoms with Gasteiger partial charge in [-0.15, -0.1) is 0 Å². The number of hydrogen-bond donors (Lipinski definition) is 1. The number of amides is 2. The minimum atomic E-state index is -0.0451. The summed E-state index contributed by atoms with van der Waals surface area (Å²) >= 11 is 6.13. The van der Waals surface area contributed by atoms with E-state index < -0.39 is 0 Å². The van der Waals surface area contributed by atoms with Gasteiger partial charge in [0.1, 0.15) is 5.75 Å². The van der Waals surface area contributed by atoms with Gasteiger partial charge in [-0.25, -0.2) is 4.79 Å². The number of anilines is 1. The van der Waals surface area contributed by atoms with Crippen LogP contribution in [0.15, 0.2) is 18.2 Å². The highest BCUT2D eigenvalue weighted by atomic mass is 35.5. The first kappa shape index (κ1) is 19.3. The van der Waals surface area contributed by atoms with E-state index in [4.69, 9.17) is 16.3 Å². The minimum Gasteiger partial charge on any atom is -0.495 e. The first-order valence-electron chi connectivity index (χ1n) is 9.67. The summed E-state index contributed by atoms with van der Waals surface area (Å²) in [7, 11) is 1.58. The fourth-order valence-corrected chi connectivity index (χ4v) is 4.34. The molecule has 26 heavy (non-hydrogen) atoms. The van der Waals surface area contributed by atoms with E-state index in [0.717, 1.165) is 31.8 Å². The van der Waals surface area contributed by atoms with Crippen LogP contribution in [-0.4, -0.2) is 55.7 Å². The molecule has 0 aliphatic carbocycles. The SMILES string of the molecule is COc1ccc(NC(=O)N2CCC(CN3CCC[C@@H](C)C3)CC2)cc1Cl. The molecule has 2 amide bonds. The van der Waals surface area contributed by atoms with E-state index >= 15 is 0 Å². The Hall–Kier alpha value is -1.46. The number of ether oxygens (including phenoxy) is 1. The first-order chi connectivity index (χ1) is 12.5. The number of halogens is 1. The molecule has 2 aliphatic heterocycles. The number of urea groups is 1. The number of methoxy groups -OCH3 is 1. The predicted octanol–water partition coefficient (Wildman–Crippen LogP) is 4.32. The summed E-state index contributed by atoms with van der Waals surface area (Å²) < 4.78 is 5.14. The van der Waals surface area contributed by atoms with Crippen molar-refractivity contribution in [2.45, 2.75) is 32.6 Å². The summed E-state index contributed by atoms with van der Waals surface area (Å²) in [5.74, 6) is 2.14. The zero-order valence-electron chi connectivity index (χ0n) is 15.8. The molecule has 0 radical (unpaired) electrons. The number of carbonyl (C=O) groups is 1. The second-order valence-electron chi connectivity index (χ2n) is 7.72. The van der Waals surface area contributed by atoms with Gasteiger partial charge in [0.2, 0.25) is 0 Å². The lowest BCUT2D eigenvalue weighted by Crippen LogP contribution is -2.44. The van der Waals surface area contributed by atoms with Crippen molar-refractivity contribution >= 4 is 23.3 Å². The molecule has 0 spiro atoms. The maximum Gasteiger partial charge on any atom is 0.321 e. The highest BCUT2D eigenvalue weighted by Gasteiger charge is 2.26. The van der Waals surface area contributed by atoms with Crippen molar-refractivity contribution in [3.8, 4) is 5.75 Å². The fraction of sp³-hybridized carbons (Fsp3) is 0.650. The van der Waals surface area contributed by atoms with Gasteiger partial charge in [-0.1, -0.05) is 18.5 Å². The van der Waals surface area contributed by atoms with Crippen molar-refractivity contribution in [2.75, 3.05) is 45.2 Å². The van der Waals surface area contributed by atoms with Gasteiger partial charge in [0.25, 0.3) is 0 Å². The maximum atomic E-state index is 12.5. The van der Waals surface area contributed by atoms with Gasteiger partial charge < -0.3 is 19.9 Å². The van der Waals surface area contributed by atoms with E-state index in [0.29, 0.717) is 22.4 Å². The molecule has 2 fully saturated rings. The van der Waals surface area contributed by atoms with E-state index in [9.17, 15) is 4.79 Å². The third kappa shape index (κ3) is 5.04. The van der Waals surface area contributed by atoms with Crippen LogP contribution in [0.25, 0.3) is 0 Å². The molecular weight excluding hydrogens is 350 g/mol. The number of rotatable bonds is 4. The number of likely N-dealkylation sites (tertiary alicyclic amines) is 2. The van der Waals surface area contributed by atoms with Gasteiger partial charge in [-0.3, -0.25) is 0 Å². The molecule has 1 aromatic rings. The van der Waals surface area contributed by atoms with Crippen molar-refractivity contribution in [1.29, 1.82) is 0 Å². The highest BCUT2D eigenvalue weighted by Crippen LogP contribution is 2.28. The van der Waals surface area contributed by atoms with E-state index in [1.807, 2.05) is 11.0 Å². The molecule has 1 atom stereocenters. The fourth-order valence-electron chi connectivity index (χ4n) is 4.08. The molecule has 1 aromatic carbocycles. The van der Waals surface area contributed by atoms with Crippen LogP contribution in [-0.2, 0) is 0 Å². The van der Waals surface area contributed by atoms with Crippen molar-refractivity contribution in [2.24, 2.45) is 11.8 Å². The Labute approximate surface area is 161 Å². The van der Waals surface area contributed by atoms with Gasteiger partial charge in [-0.05, 0) is 62.3 Å². The molecule has 0 unspecified atom stereocenters. The van der Waals surface area contributed by atoms with Gasteiger partial charge in [0.15, 0.2) is 0 Å². The summed E-state index contributed by atoms with van der Waals surface area (Å²) in [6, 6.07) is 5.26. The zero-order chi connectivity index (χ0) is 18.5. The average Bonchev–Trinajstić information content (AvgIpc) is 2.62. The standard InChI is InChI=1S/C20H30ClN3O2/c1-15-4-3-9-23(13-15)14-16-7-10-24(11-8-16)20(25)22-17-5-6-19(26-2)18(21)12-17/h5-6,12,15-16H,3-4,7-11,13-14H2,1-2H3,(H,22,25)/t15-/m1/s1. The molecule has 144 valence electrons. The number of nitrogens with zero attached hydrogens (tertiary/aromatic N) is 2. The topological polar surface area (TPSA) is 44.8 Å². The Kier molecular flexibility index (Phi) is 6.65. The van der Waals surface area contributed by atoms with Gasteiger partial charge in [0.05, 0.1) is 12.1 Å². The molecule has 2 heterocycles. The summed E-state index contributed by atoms with van der Waals surface area (Å²) in [6.45, 7) is 7.66. The average molecular weight is 380 g/mol. The summed E-state index contributed by atoms with van der Waals surface area (Å²) in [5.41, 5.74) is 0.699. The monoisotopic (exact) mass is 379 g/mol. The molecule has 0 saturated carbocycles. The van der Waals surface area contributed by atoms with Crippen molar-refractivity contribution < 1.29 is 9.53 Å². The molecule has 3 rings (SSSR count). The number of piperidine rings is 2. The third-order valence-electron chi connectivity index (χ3n) is 5.56. The number of benzene rings is 1. The summed E-state index contributed by atoms with van der Waals surface area (Å²) in [6.07, 6.45) is 4.86. The zero-order valence-corrected chi connectivity index (χ0v) is 16.6. The van der Waals surface area contributed by atoms with E-state index in [1.165, 1.54) is 32.5 Å². The van der Waals surface area contributed by atoms with Gasteiger partial charge in [0, 0.05) is 31.9 Å². The quantitative estimate of drug-likeness (QED) is 0.847. The molecule has 2 saturated heterocycles. The van der Waals surface area contributed by atoms with Crippen molar-refractivity contribution in [1.82, 2.24) is 9.80 Å². The smallest absolute Gasteiger partial charge is 0.321 e. The van der Waals surface area contributed by atoms with Gasteiger partial charge in [-0.2, -0.15) is 0 Å². The Balaban J connectivity index is 1.45. The highest BCUT2D eigenvalue weighted by molar-refractivity contribution is 6.32. The van der Waals surface area contributed by atoms with Crippen LogP contribution in [0.2, 0.25) is 5.02 Å². The maximum absolute atomic E-state index is 12.5.